The highest BCUT2D eigenvalue weighted by Gasteiger charge is 2.16. The summed E-state index contributed by atoms with van der Waals surface area (Å²) in [7, 11) is 0. The van der Waals surface area contributed by atoms with Crippen LogP contribution >= 0.6 is 0 Å². The van der Waals surface area contributed by atoms with Crippen molar-refractivity contribution < 1.29 is 30.0 Å². The molecule has 0 amide bonds. The lowest BCUT2D eigenvalue weighted by Crippen LogP contribution is -2.35. The largest absolute Gasteiger partial charge is 0.507 e. The Bertz CT molecular complexity index is 841. The highest BCUT2D eigenvalue weighted by molar-refractivity contribution is 5.69. The zero-order valence-corrected chi connectivity index (χ0v) is 17.9. The van der Waals surface area contributed by atoms with Crippen LogP contribution in [0.25, 0.3) is 0 Å². The molecule has 4 N–H and O–H groups in total. The van der Waals surface area contributed by atoms with Gasteiger partial charge in [-0.2, -0.15) is 0 Å². The van der Waals surface area contributed by atoms with Crippen molar-refractivity contribution in [3.8, 4) is 11.5 Å². The monoisotopic (exact) mass is 430 g/mol. The molecule has 2 aromatic carbocycles. The minimum absolute atomic E-state index is 0.153. The van der Waals surface area contributed by atoms with Gasteiger partial charge in [0.15, 0.2) is 0 Å². The van der Waals surface area contributed by atoms with Crippen LogP contribution in [0.1, 0.15) is 28.7 Å². The fourth-order valence-corrected chi connectivity index (χ4v) is 3.50. The lowest BCUT2D eigenvalue weighted by atomic mass is 10.1. The summed E-state index contributed by atoms with van der Waals surface area (Å²) in [6.45, 7) is 4.56. The van der Waals surface area contributed by atoms with Crippen LogP contribution in [0.4, 0.5) is 0 Å². The summed E-state index contributed by atoms with van der Waals surface area (Å²) < 4.78 is 0. The molecule has 0 saturated heterocycles. The molecule has 31 heavy (non-hydrogen) atoms. The summed E-state index contributed by atoms with van der Waals surface area (Å²) in [6, 6.07) is 10.7. The van der Waals surface area contributed by atoms with Crippen molar-refractivity contribution in [3.05, 3.63) is 58.7 Å². The minimum atomic E-state index is -0.973. The van der Waals surface area contributed by atoms with Gasteiger partial charge in [-0.05, 0) is 31.4 Å². The average molecular weight is 431 g/mol. The molecule has 0 aliphatic carbocycles. The molecule has 0 bridgehead atoms. The van der Waals surface area contributed by atoms with Crippen molar-refractivity contribution in [2.45, 2.75) is 33.4 Å². The van der Waals surface area contributed by atoms with Gasteiger partial charge in [-0.15, -0.1) is 0 Å². The van der Waals surface area contributed by atoms with Gasteiger partial charge in [-0.1, -0.05) is 36.4 Å². The number of nitrogens with zero attached hydrogens (tertiary/aromatic N) is 2. The first-order valence-electron chi connectivity index (χ1n) is 10.1. The van der Waals surface area contributed by atoms with Crippen molar-refractivity contribution in [2.24, 2.45) is 0 Å². The van der Waals surface area contributed by atoms with Crippen molar-refractivity contribution in [1.29, 1.82) is 0 Å². The summed E-state index contributed by atoms with van der Waals surface area (Å²) in [5, 5.41) is 39.0. The van der Waals surface area contributed by atoms with Crippen LogP contribution in [0.2, 0.25) is 0 Å². The van der Waals surface area contributed by atoms with E-state index >= 15 is 0 Å². The second kappa shape index (κ2) is 11.3. The standard InChI is InChI=1S/C23H30N2O6/c1-16-6-3-8-18(22(16)30)12-24(14-20(26)27)10-5-11-25(15-21(28)29)13-19-9-4-7-17(2)23(19)31/h3-4,6-9,30-31H,5,10-15H2,1-2H3,(H,26,27)(H,28,29). The summed E-state index contributed by atoms with van der Waals surface area (Å²) in [5.74, 6) is -1.64. The molecular weight excluding hydrogens is 400 g/mol. The first-order valence-corrected chi connectivity index (χ1v) is 10.1. The van der Waals surface area contributed by atoms with Gasteiger partial charge in [0, 0.05) is 37.3 Å². The molecule has 0 unspecified atom stereocenters. The third-order valence-corrected chi connectivity index (χ3v) is 5.10. The number of para-hydroxylation sites is 2. The molecule has 0 heterocycles. The van der Waals surface area contributed by atoms with Crippen LogP contribution in [-0.4, -0.2) is 68.3 Å². The van der Waals surface area contributed by atoms with E-state index in [0.29, 0.717) is 30.6 Å². The number of hydrogen-bond acceptors (Lipinski definition) is 6. The second-order valence-electron chi connectivity index (χ2n) is 7.73. The van der Waals surface area contributed by atoms with Crippen molar-refractivity contribution in [3.63, 3.8) is 0 Å². The van der Waals surface area contributed by atoms with E-state index in [4.69, 9.17) is 0 Å². The lowest BCUT2D eigenvalue weighted by molar-refractivity contribution is -0.139. The third kappa shape index (κ3) is 7.58. The van der Waals surface area contributed by atoms with Crippen LogP contribution in [0.5, 0.6) is 11.5 Å². The van der Waals surface area contributed by atoms with E-state index in [0.717, 1.165) is 11.1 Å². The number of carboxylic acid groups (broad SMARTS) is 2. The Balaban J connectivity index is 2.03. The van der Waals surface area contributed by atoms with Crippen molar-refractivity contribution >= 4 is 11.9 Å². The van der Waals surface area contributed by atoms with E-state index in [-0.39, 0.29) is 37.7 Å². The van der Waals surface area contributed by atoms with Crippen molar-refractivity contribution in [1.82, 2.24) is 9.80 Å². The van der Waals surface area contributed by atoms with Crippen LogP contribution in [0, 0.1) is 13.8 Å². The maximum atomic E-state index is 11.3. The van der Waals surface area contributed by atoms with Gasteiger partial charge >= 0.3 is 11.9 Å². The molecule has 2 rings (SSSR count). The van der Waals surface area contributed by atoms with Crippen LogP contribution < -0.4 is 0 Å². The van der Waals surface area contributed by atoms with Gasteiger partial charge in [-0.25, -0.2) is 0 Å². The molecule has 8 nitrogen and oxygen atoms in total. The molecule has 8 heteroatoms. The molecule has 0 aliphatic rings. The molecule has 2 aromatic rings. The van der Waals surface area contributed by atoms with Gasteiger partial charge in [0.1, 0.15) is 11.5 Å². The number of aromatic hydroxyl groups is 2. The number of aryl methyl sites for hydroxylation is 2. The number of carbonyl (C=O) groups is 2. The third-order valence-electron chi connectivity index (χ3n) is 5.10. The number of phenols is 2. The molecule has 0 aliphatic heterocycles. The lowest BCUT2D eigenvalue weighted by Gasteiger charge is -2.25. The molecule has 0 atom stereocenters. The van der Waals surface area contributed by atoms with E-state index in [9.17, 15) is 30.0 Å². The zero-order chi connectivity index (χ0) is 23.0. The Labute approximate surface area is 182 Å². The average Bonchev–Trinajstić information content (AvgIpc) is 2.68. The quantitative estimate of drug-likeness (QED) is 0.405. The molecule has 0 fully saturated rings. The Morgan fingerprint density at radius 1 is 0.742 bits per heavy atom. The van der Waals surface area contributed by atoms with Gasteiger partial charge in [0.05, 0.1) is 13.1 Å². The van der Waals surface area contributed by atoms with E-state index < -0.39 is 11.9 Å². The van der Waals surface area contributed by atoms with Crippen molar-refractivity contribution in [2.75, 3.05) is 26.2 Å². The summed E-state index contributed by atoms with van der Waals surface area (Å²) in [4.78, 5) is 26.0. The van der Waals surface area contributed by atoms with Crippen LogP contribution in [0.15, 0.2) is 36.4 Å². The topological polar surface area (TPSA) is 122 Å². The van der Waals surface area contributed by atoms with E-state index in [1.54, 1.807) is 47.9 Å². The van der Waals surface area contributed by atoms with Gasteiger partial charge < -0.3 is 20.4 Å². The fourth-order valence-electron chi connectivity index (χ4n) is 3.50. The van der Waals surface area contributed by atoms with E-state index in [2.05, 4.69) is 0 Å². The first kappa shape index (κ1) is 24.2. The number of phenolic OH excluding ortho intramolecular Hbond substituents is 2. The SMILES string of the molecule is Cc1cccc(CN(CCCN(CC(=O)O)Cc2cccc(C)c2O)CC(=O)O)c1O. The number of benzene rings is 2. The first-order chi connectivity index (χ1) is 14.7. The predicted octanol–water partition coefficient (Wildman–Crippen LogP) is 2.58. The van der Waals surface area contributed by atoms with Gasteiger partial charge in [0.2, 0.25) is 0 Å². The maximum Gasteiger partial charge on any atom is 0.317 e. The highest BCUT2D eigenvalue weighted by atomic mass is 16.4. The predicted molar refractivity (Wildman–Crippen MR) is 116 cm³/mol. The minimum Gasteiger partial charge on any atom is -0.507 e. The fraction of sp³-hybridized carbons (Fsp3) is 0.391. The van der Waals surface area contributed by atoms with E-state index in [1.165, 1.54) is 0 Å². The van der Waals surface area contributed by atoms with Crippen LogP contribution in [-0.2, 0) is 22.7 Å². The number of hydrogen-bond donors (Lipinski definition) is 4. The number of rotatable bonds is 12. The van der Waals surface area contributed by atoms with Gasteiger partial charge in [0.25, 0.3) is 0 Å². The van der Waals surface area contributed by atoms with Crippen LogP contribution in [0.3, 0.4) is 0 Å². The van der Waals surface area contributed by atoms with Gasteiger partial charge in [-0.3, -0.25) is 19.4 Å². The zero-order valence-electron chi connectivity index (χ0n) is 17.9. The Morgan fingerprint density at radius 3 is 1.48 bits per heavy atom. The Hall–Kier alpha value is -3.10. The highest BCUT2D eigenvalue weighted by Crippen LogP contribution is 2.24. The summed E-state index contributed by atoms with van der Waals surface area (Å²) in [5.41, 5.74) is 2.73. The summed E-state index contributed by atoms with van der Waals surface area (Å²) in [6.07, 6.45) is 0.527. The molecule has 0 aromatic heterocycles. The maximum absolute atomic E-state index is 11.3. The smallest absolute Gasteiger partial charge is 0.317 e. The molecule has 168 valence electrons. The molecule has 0 radical (unpaired) electrons. The normalized spacial score (nSPS) is 11.2. The summed E-state index contributed by atoms with van der Waals surface area (Å²) >= 11 is 0. The Kier molecular flexibility index (Phi) is 8.84. The molecular formula is C23H30N2O6. The number of carboxylic acids is 2. The Morgan fingerprint density at radius 2 is 1.13 bits per heavy atom. The number of aliphatic carboxylic acids is 2. The molecule has 0 saturated carbocycles. The second-order valence-corrected chi connectivity index (χ2v) is 7.73. The van der Waals surface area contributed by atoms with E-state index in [1.807, 2.05) is 12.1 Å². The molecule has 0 spiro atoms.